The summed E-state index contributed by atoms with van der Waals surface area (Å²) in [5.41, 5.74) is 1.99. The first-order valence-electron chi connectivity index (χ1n) is 4.41. The predicted octanol–water partition coefficient (Wildman–Crippen LogP) is 1.99. The average molecular weight is 189 g/mol. The first kappa shape index (κ1) is 8.74. The lowest BCUT2D eigenvalue weighted by Gasteiger charge is -2.00. The standard InChI is InChI=1S/C10H11N3O/c1-8-5-10(14-13-8)12-7-9-3-2-4-11-6-9/h2-6,12H,7H2,1H3. The van der Waals surface area contributed by atoms with Gasteiger partial charge in [0.1, 0.15) is 0 Å². The minimum absolute atomic E-state index is 0.686. The van der Waals surface area contributed by atoms with Crippen LogP contribution in [0.4, 0.5) is 5.88 Å². The Balaban J connectivity index is 1.95. The first-order chi connectivity index (χ1) is 6.84. The lowest BCUT2D eigenvalue weighted by atomic mass is 10.3. The molecule has 0 fully saturated rings. The molecule has 4 nitrogen and oxygen atoms in total. The van der Waals surface area contributed by atoms with Gasteiger partial charge >= 0.3 is 0 Å². The van der Waals surface area contributed by atoms with Gasteiger partial charge in [-0.05, 0) is 18.6 Å². The molecule has 1 N–H and O–H groups in total. The van der Waals surface area contributed by atoms with Gasteiger partial charge in [-0.1, -0.05) is 11.2 Å². The molecule has 2 aromatic rings. The molecule has 0 aliphatic rings. The third-order valence-electron chi connectivity index (χ3n) is 1.82. The van der Waals surface area contributed by atoms with Crippen LogP contribution in [0, 0.1) is 6.92 Å². The fraction of sp³-hybridized carbons (Fsp3) is 0.200. The smallest absolute Gasteiger partial charge is 0.225 e. The van der Waals surface area contributed by atoms with Gasteiger partial charge in [0.25, 0.3) is 0 Å². The number of aromatic nitrogens is 2. The molecular weight excluding hydrogens is 178 g/mol. The highest BCUT2D eigenvalue weighted by atomic mass is 16.5. The lowest BCUT2D eigenvalue weighted by Crippen LogP contribution is -1.98. The monoisotopic (exact) mass is 189 g/mol. The van der Waals surface area contributed by atoms with Crippen molar-refractivity contribution in [3.8, 4) is 0 Å². The van der Waals surface area contributed by atoms with E-state index < -0.39 is 0 Å². The lowest BCUT2D eigenvalue weighted by molar-refractivity contribution is 0.427. The topological polar surface area (TPSA) is 51.0 Å². The third-order valence-corrected chi connectivity index (χ3v) is 1.82. The number of anilines is 1. The van der Waals surface area contributed by atoms with Crippen molar-refractivity contribution in [3.63, 3.8) is 0 Å². The maximum absolute atomic E-state index is 5.00. The van der Waals surface area contributed by atoms with E-state index in [1.807, 2.05) is 31.3 Å². The van der Waals surface area contributed by atoms with E-state index in [4.69, 9.17) is 4.52 Å². The Hall–Kier alpha value is -1.84. The van der Waals surface area contributed by atoms with Crippen molar-refractivity contribution >= 4 is 5.88 Å². The summed E-state index contributed by atoms with van der Waals surface area (Å²) in [6, 6.07) is 5.77. The molecule has 0 bridgehead atoms. The van der Waals surface area contributed by atoms with E-state index in [0.717, 1.165) is 11.3 Å². The Bertz CT molecular complexity index is 397. The third kappa shape index (κ3) is 2.10. The normalized spacial score (nSPS) is 10.1. The van der Waals surface area contributed by atoms with Gasteiger partial charge in [-0.3, -0.25) is 4.98 Å². The number of nitrogens with one attached hydrogen (secondary N) is 1. The molecule has 2 heterocycles. The van der Waals surface area contributed by atoms with E-state index in [9.17, 15) is 0 Å². The van der Waals surface area contributed by atoms with Gasteiger partial charge in [-0.25, -0.2) is 0 Å². The van der Waals surface area contributed by atoms with Crippen LogP contribution in [-0.2, 0) is 6.54 Å². The molecule has 2 rings (SSSR count). The molecule has 0 aliphatic heterocycles. The van der Waals surface area contributed by atoms with Gasteiger partial charge in [-0.15, -0.1) is 0 Å². The van der Waals surface area contributed by atoms with Gasteiger partial charge in [0.2, 0.25) is 5.88 Å². The van der Waals surface area contributed by atoms with Gasteiger partial charge in [0.15, 0.2) is 0 Å². The molecule has 0 aliphatic carbocycles. The Labute approximate surface area is 82.0 Å². The Morgan fingerprint density at radius 1 is 1.50 bits per heavy atom. The second kappa shape index (κ2) is 3.91. The maximum Gasteiger partial charge on any atom is 0.225 e. The van der Waals surface area contributed by atoms with Crippen molar-refractivity contribution < 1.29 is 4.52 Å². The molecule has 0 amide bonds. The fourth-order valence-electron chi connectivity index (χ4n) is 1.14. The molecule has 14 heavy (non-hydrogen) atoms. The van der Waals surface area contributed by atoms with Crippen LogP contribution in [-0.4, -0.2) is 10.1 Å². The highest BCUT2D eigenvalue weighted by Crippen LogP contribution is 2.09. The maximum atomic E-state index is 5.00. The van der Waals surface area contributed by atoms with Crippen molar-refractivity contribution in [2.24, 2.45) is 0 Å². The van der Waals surface area contributed by atoms with E-state index in [1.54, 1.807) is 6.20 Å². The zero-order chi connectivity index (χ0) is 9.80. The van der Waals surface area contributed by atoms with E-state index >= 15 is 0 Å². The van der Waals surface area contributed by atoms with Gasteiger partial charge in [0, 0.05) is 25.0 Å². The molecule has 0 aromatic carbocycles. The summed E-state index contributed by atoms with van der Waals surface area (Å²) in [4.78, 5) is 4.02. The Morgan fingerprint density at radius 2 is 2.43 bits per heavy atom. The second-order valence-electron chi connectivity index (χ2n) is 3.05. The zero-order valence-electron chi connectivity index (χ0n) is 7.90. The van der Waals surface area contributed by atoms with Crippen LogP contribution >= 0.6 is 0 Å². The van der Waals surface area contributed by atoms with Crippen molar-refractivity contribution in [1.82, 2.24) is 10.1 Å². The minimum Gasteiger partial charge on any atom is -0.350 e. The molecule has 0 saturated carbocycles. The molecule has 0 radical (unpaired) electrons. The summed E-state index contributed by atoms with van der Waals surface area (Å²) in [5, 5.41) is 6.89. The van der Waals surface area contributed by atoms with Crippen LogP contribution in [0.25, 0.3) is 0 Å². The second-order valence-corrected chi connectivity index (χ2v) is 3.05. The summed E-state index contributed by atoms with van der Waals surface area (Å²) in [5.74, 6) is 0.686. The largest absolute Gasteiger partial charge is 0.350 e. The number of pyridine rings is 1. The van der Waals surface area contributed by atoms with Crippen LogP contribution < -0.4 is 5.32 Å². The van der Waals surface area contributed by atoms with E-state index in [1.165, 1.54) is 0 Å². The van der Waals surface area contributed by atoms with Crippen LogP contribution in [0.15, 0.2) is 35.1 Å². The average Bonchev–Trinajstić information content (AvgIpc) is 2.63. The molecule has 2 aromatic heterocycles. The van der Waals surface area contributed by atoms with E-state index in [-0.39, 0.29) is 0 Å². The van der Waals surface area contributed by atoms with Crippen molar-refractivity contribution in [2.45, 2.75) is 13.5 Å². The van der Waals surface area contributed by atoms with Crippen molar-refractivity contribution in [1.29, 1.82) is 0 Å². The summed E-state index contributed by atoms with van der Waals surface area (Å²) in [6.45, 7) is 2.58. The molecule has 0 atom stereocenters. The SMILES string of the molecule is Cc1cc(NCc2cccnc2)on1. The highest BCUT2D eigenvalue weighted by molar-refractivity contribution is 5.32. The number of hydrogen-bond acceptors (Lipinski definition) is 4. The van der Waals surface area contributed by atoms with Gasteiger partial charge in [-0.2, -0.15) is 0 Å². The zero-order valence-corrected chi connectivity index (χ0v) is 7.90. The van der Waals surface area contributed by atoms with Crippen LogP contribution in [0.2, 0.25) is 0 Å². The quantitative estimate of drug-likeness (QED) is 0.802. The van der Waals surface area contributed by atoms with Gasteiger partial charge in [0.05, 0.1) is 5.69 Å². The molecule has 4 heteroatoms. The van der Waals surface area contributed by atoms with Crippen LogP contribution in [0.3, 0.4) is 0 Å². The first-order valence-corrected chi connectivity index (χ1v) is 4.41. The predicted molar refractivity (Wildman–Crippen MR) is 52.8 cm³/mol. The highest BCUT2D eigenvalue weighted by Gasteiger charge is 1.98. The van der Waals surface area contributed by atoms with Crippen LogP contribution in [0.1, 0.15) is 11.3 Å². The molecule has 72 valence electrons. The molecule has 0 spiro atoms. The van der Waals surface area contributed by atoms with Crippen molar-refractivity contribution in [3.05, 3.63) is 41.9 Å². The van der Waals surface area contributed by atoms with Crippen molar-refractivity contribution in [2.75, 3.05) is 5.32 Å². The van der Waals surface area contributed by atoms with Gasteiger partial charge < -0.3 is 9.84 Å². The number of rotatable bonds is 3. The summed E-state index contributed by atoms with van der Waals surface area (Å²) >= 11 is 0. The number of hydrogen-bond donors (Lipinski definition) is 1. The minimum atomic E-state index is 0.686. The molecular formula is C10H11N3O. The van der Waals surface area contributed by atoms with Crippen LogP contribution in [0.5, 0.6) is 0 Å². The number of nitrogens with zero attached hydrogens (tertiary/aromatic N) is 2. The molecule has 0 unspecified atom stereocenters. The molecule has 0 saturated heterocycles. The summed E-state index contributed by atoms with van der Waals surface area (Å²) in [6.07, 6.45) is 3.57. The Morgan fingerprint density at radius 3 is 3.07 bits per heavy atom. The fourth-order valence-corrected chi connectivity index (χ4v) is 1.14. The summed E-state index contributed by atoms with van der Waals surface area (Å²) in [7, 11) is 0. The van der Waals surface area contributed by atoms with E-state index in [2.05, 4.69) is 15.5 Å². The van der Waals surface area contributed by atoms with E-state index in [0.29, 0.717) is 12.4 Å². The number of aryl methyl sites for hydroxylation is 1. The Kier molecular flexibility index (Phi) is 2.44. The summed E-state index contributed by atoms with van der Waals surface area (Å²) < 4.78 is 5.00.